The van der Waals surface area contributed by atoms with Crippen LogP contribution in [0, 0.1) is 0 Å². The quantitative estimate of drug-likeness (QED) is 0.751. The van der Waals surface area contributed by atoms with Gasteiger partial charge in [0.15, 0.2) is 0 Å². The predicted molar refractivity (Wildman–Crippen MR) is 83.9 cm³/mol. The predicted octanol–water partition coefficient (Wildman–Crippen LogP) is 2.84. The van der Waals surface area contributed by atoms with E-state index in [0.717, 1.165) is 5.69 Å². The second-order valence-electron chi connectivity index (χ2n) is 4.51. The Bertz CT molecular complexity index is 394. The zero-order valence-electron chi connectivity index (χ0n) is 12.0. The van der Waals surface area contributed by atoms with E-state index < -0.39 is 0 Å². The van der Waals surface area contributed by atoms with E-state index in [1.807, 2.05) is 37.6 Å². The Hall–Kier alpha value is -1.20. The molecule has 0 saturated heterocycles. The summed E-state index contributed by atoms with van der Waals surface area (Å²) in [5.41, 5.74) is 2.01. The average Bonchev–Trinajstić information content (AvgIpc) is 2.44. The summed E-state index contributed by atoms with van der Waals surface area (Å²) < 4.78 is 0. The number of hydrogen-bond donors (Lipinski definition) is 3. The molecule has 2 unspecified atom stereocenters. The zero-order valence-corrected chi connectivity index (χ0v) is 12.8. The Morgan fingerprint density at radius 2 is 1.89 bits per heavy atom. The van der Waals surface area contributed by atoms with Gasteiger partial charge < -0.3 is 16.0 Å². The lowest BCUT2D eigenvalue weighted by Gasteiger charge is -2.13. The molecule has 0 saturated carbocycles. The summed E-state index contributed by atoms with van der Waals surface area (Å²) in [6.07, 6.45) is 2.03. The van der Waals surface area contributed by atoms with E-state index in [-0.39, 0.29) is 6.03 Å². The molecule has 5 heteroatoms. The molecule has 106 valence electrons. The number of nitrogens with one attached hydrogen (secondary N) is 3. The van der Waals surface area contributed by atoms with Crippen LogP contribution in [0.4, 0.5) is 10.5 Å². The number of thioether (sulfide) groups is 1. The first-order valence-electron chi connectivity index (χ1n) is 6.41. The van der Waals surface area contributed by atoms with Crippen molar-refractivity contribution in [1.82, 2.24) is 10.6 Å². The normalized spacial score (nSPS) is 13.7. The first-order valence-corrected chi connectivity index (χ1v) is 7.70. The molecular weight excluding hydrogens is 258 g/mol. The highest BCUT2D eigenvalue weighted by Gasteiger charge is 2.05. The van der Waals surface area contributed by atoms with Gasteiger partial charge in [-0.2, -0.15) is 11.8 Å². The molecule has 0 aliphatic rings. The third-order valence-electron chi connectivity index (χ3n) is 3.05. The van der Waals surface area contributed by atoms with Gasteiger partial charge in [0.2, 0.25) is 0 Å². The van der Waals surface area contributed by atoms with Crippen LogP contribution in [0.3, 0.4) is 0 Å². The zero-order chi connectivity index (χ0) is 14.3. The van der Waals surface area contributed by atoms with Crippen molar-refractivity contribution < 1.29 is 4.79 Å². The highest BCUT2D eigenvalue weighted by molar-refractivity contribution is 7.99. The molecule has 1 aromatic carbocycles. The third kappa shape index (κ3) is 5.53. The maximum absolute atomic E-state index is 11.7. The number of carbonyl (C=O) groups excluding carboxylic acids is 1. The number of anilines is 1. The van der Waals surface area contributed by atoms with Gasteiger partial charge in [0, 0.05) is 23.5 Å². The SMILES string of the molecule is CNC(C)c1ccc(NC(=O)NCC(C)SC)cc1. The van der Waals surface area contributed by atoms with Crippen LogP contribution in [-0.2, 0) is 0 Å². The fourth-order valence-electron chi connectivity index (χ4n) is 1.52. The Morgan fingerprint density at radius 3 is 2.42 bits per heavy atom. The average molecular weight is 281 g/mol. The third-order valence-corrected chi connectivity index (χ3v) is 4.03. The molecule has 0 aliphatic heterocycles. The fourth-order valence-corrected chi connectivity index (χ4v) is 1.77. The molecule has 0 bridgehead atoms. The van der Waals surface area contributed by atoms with Crippen molar-refractivity contribution in [2.24, 2.45) is 0 Å². The van der Waals surface area contributed by atoms with Crippen LogP contribution < -0.4 is 16.0 Å². The summed E-state index contributed by atoms with van der Waals surface area (Å²) in [6.45, 7) is 4.85. The van der Waals surface area contributed by atoms with Gasteiger partial charge in [-0.3, -0.25) is 0 Å². The molecule has 4 nitrogen and oxygen atoms in total. The summed E-state index contributed by atoms with van der Waals surface area (Å²) >= 11 is 1.73. The van der Waals surface area contributed by atoms with Crippen molar-refractivity contribution in [2.45, 2.75) is 25.1 Å². The summed E-state index contributed by atoms with van der Waals surface area (Å²) in [6, 6.07) is 8.02. The molecule has 0 radical (unpaired) electrons. The smallest absolute Gasteiger partial charge is 0.319 e. The van der Waals surface area contributed by atoms with Crippen LogP contribution in [-0.4, -0.2) is 31.1 Å². The topological polar surface area (TPSA) is 53.2 Å². The monoisotopic (exact) mass is 281 g/mol. The number of benzene rings is 1. The van der Waals surface area contributed by atoms with Crippen molar-refractivity contribution in [3.8, 4) is 0 Å². The number of amides is 2. The maximum atomic E-state index is 11.7. The molecule has 2 atom stereocenters. The van der Waals surface area contributed by atoms with E-state index in [0.29, 0.717) is 17.8 Å². The van der Waals surface area contributed by atoms with Crippen molar-refractivity contribution in [3.05, 3.63) is 29.8 Å². The summed E-state index contributed by atoms with van der Waals surface area (Å²) in [5.74, 6) is 0. The molecule has 0 spiro atoms. The maximum Gasteiger partial charge on any atom is 0.319 e. The molecule has 0 fully saturated rings. The van der Waals surface area contributed by atoms with E-state index in [1.54, 1.807) is 11.8 Å². The van der Waals surface area contributed by atoms with Crippen molar-refractivity contribution in [2.75, 3.05) is 25.2 Å². The van der Waals surface area contributed by atoms with Gasteiger partial charge in [0.1, 0.15) is 0 Å². The van der Waals surface area contributed by atoms with Crippen molar-refractivity contribution >= 4 is 23.5 Å². The molecule has 1 rings (SSSR count). The number of urea groups is 1. The largest absolute Gasteiger partial charge is 0.337 e. The number of carbonyl (C=O) groups is 1. The van der Waals surface area contributed by atoms with Gasteiger partial charge in [0.05, 0.1) is 0 Å². The Kier molecular flexibility index (Phi) is 6.73. The summed E-state index contributed by atoms with van der Waals surface area (Å²) in [4.78, 5) is 11.7. The van der Waals surface area contributed by atoms with Gasteiger partial charge in [0.25, 0.3) is 0 Å². The lowest BCUT2D eigenvalue weighted by Crippen LogP contribution is -2.33. The van der Waals surface area contributed by atoms with E-state index in [4.69, 9.17) is 0 Å². The minimum Gasteiger partial charge on any atom is -0.337 e. The van der Waals surface area contributed by atoms with Crippen molar-refractivity contribution in [3.63, 3.8) is 0 Å². The van der Waals surface area contributed by atoms with Crippen LogP contribution in [0.1, 0.15) is 25.5 Å². The van der Waals surface area contributed by atoms with Crippen LogP contribution in [0.25, 0.3) is 0 Å². The van der Waals surface area contributed by atoms with Crippen LogP contribution in [0.5, 0.6) is 0 Å². The standard InChI is InChI=1S/C14H23N3OS/c1-10(19-4)9-16-14(18)17-13-7-5-12(6-8-13)11(2)15-3/h5-8,10-11,15H,9H2,1-4H3,(H2,16,17,18). The lowest BCUT2D eigenvalue weighted by molar-refractivity contribution is 0.252. The first kappa shape index (κ1) is 15.9. The van der Waals surface area contributed by atoms with E-state index >= 15 is 0 Å². The lowest BCUT2D eigenvalue weighted by atomic mass is 10.1. The van der Waals surface area contributed by atoms with Gasteiger partial charge >= 0.3 is 6.03 Å². The Labute approximate surface area is 119 Å². The molecule has 0 aliphatic carbocycles. The highest BCUT2D eigenvalue weighted by Crippen LogP contribution is 2.15. The van der Waals surface area contributed by atoms with Gasteiger partial charge in [-0.1, -0.05) is 19.1 Å². The van der Waals surface area contributed by atoms with E-state index in [9.17, 15) is 4.79 Å². The molecule has 3 N–H and O–H groups in total. The van der Waals surface area contributed by atoms with Crippen LogP contribution >= 0.6 is 11.8 Å². The van der Waals surface area contributed by atoms with Crippen molar-refractivity contribution in [1.29, 1.82) is 0 Å². The van der Waals surface area contributed by atoms with Gasteiger partial charge in [-0.05, 0) is 37.9 Å². The molecule has 1 aromatic rings. The Morgan fingerprint density at radius 1 is 1.26 bits per heavy atom. The highest BCUT2D eigenvalue weighted by atomic mass is 32.2. The van der Waals surface area contributed by atoms with Gasteiger partial charge in [-0.15, -0.1) is 0 Å². The molecule has 2 amide bonds. The number of rotatable bonds is 6. The van der Waals surface area contributed by atoms with E-state index in [2.05, 4.69) is 29.8 Å². The summed E-state index contributed by atoms with van der Waals surface area (Å²) in [5, 5.41) is 9.27. The molecule has 0 aromatic heterocycles. The van der Waals surface area contributed by atoms with Gasteiger partial charge in [-0.25, -0.2) is 4.79 Å². The molecule has 19 heavy (non-hydrogen) atoms. The van der Waals surface area contributed by atoms with Crippen LogP contribution in [0.15, 0.2) is 24.3 Å². The minimum absolute atomic E-state index is 0.157. The minimum atomic E-state index is -0.157. The first-order chi connectivity index (χ1) is 9.06. The second-order valence-corrected chi connectivity index (χ2v) is 5.79. The molecule has 0 heterocycles. The Balaban J connectivity index is 2.46. The fraction of sp³-hybridized carbons (Fsp3) is 0.500. The van der Waals surface area contributed by atoms with E-state index in [1.165, 1.54) is 5.56 Å². The summed E-state index contributed by atoms with van der Waals surface area (Å²) in [7, 11) is 1.93. The molecular formula is C14H23N3OS. The van der Waals surface area contributed by atoms with Crippen LogP contribution in [0.2, 0.25) is 0 Å². The number of hydrogen-bond acceptors (Lipinski definition) is 3. The second kappa shape index (κ2) is 8.07.